The molecule has 0 aliphatic heterocycles. The Bertz CT molecular complexity index is 790. The van der Waals surface area contributed by atoms with Crippen molar-refractivity contribution in [3.05, 3.63) is 72.2 Å². The van der Waals surface area contributed by atoms with Gasteiger partial charge in [0.25, 0.3) is 5.69 Å². The first-order chi connectivity index (χ1) is 10.9. The van der Waals surface area contributed by atoms with Gasteiger partial charge in [0, 0.05) is 11.6 Å². The first-order valence-electron chi connectivity index (χ1n) is 6.06. The molecule has 0 spiro atoms. The van der Waals surface area contributed by atoms with Gasteiger partial charge in [-0.25, -0.2) is 0 Å². The summed E-state index contributed by atoms with van der Waals surface area (Å²) in [6.07, 6.45) is 1.30. The van der Waals surface area contributed by atoms with Gasteiger partial charge in [-0.15, -0.1) is 0 Å². The van der Waals surface area contributed by atoms with Crippen molar-refractivity contribution in [3.8, 4) is 0 Å². The molecule has 118 valence electrons. The second-order valence-corrected chi connectivity index (χ2v) is 5.04. The molecule has 0 amide bonds. The van der Waals surface area contributed by atoms with Gasteiger partial charge < -0.3 is 0 Å². The lowest BCUT2D eigenvalue weighted by molar-refractivity contribution is -0.393. The number of hydrogen-bond acceptors (Lipinski definition) is 6. The highest BCUT2D eigenvalue weighted by Crippen LogP contribution is 2.29. The highest BCUT2D eigenvalue weighted by atomic mass is 35.5. The lowest BCUT2D eigenvalue weighted by Gasteiger charge is -2.03. The van der Waals surface area contributed by atoms with E-state index in [0.717, 1.165) is 12.1 Å². The molecule has 2 rings (SSSR count). The Balaban J connectivity index is 2.28. The predicted octanol–water partition coefficient (Wildman–Crippen LogP) is 4.26. The zero-order valence-corrected chi connectivity index (χ0v) is 12.8. The number of nitro groups is 2. The van der Waals surface area contributed by atoms with Gasteiger partial charge in [-0.3, -0.25) is 25.7 Å². The van der Waals surface area contributed by atoms with E-state index >= 15 is 0 Å². The van der Waals surface area contributed by atoms with Gasteiger partial charge in [0.05, 0.1) is 32.2 Å². The Hall–Kier alpha value is -2.71. The number of hydrazone groups is 1. The number of halogens is 2. The van der Waals surface area contributed by atoms with Crippen molar-refractivity contribution in [2.75, 3.05) is 5.43 Å². The summed E-state index contributed by atoms with van der Waals surface area (Å²) in [5.74, 6) is 0. The maximum Gasteiger partial charge on any atom is 0.301 e. The Morgan fingerprint density at radius 3 is 2.26 bits per heavy atom. The van der Waals surface area contributed by atoms with Crippen LogP contribution in [0.15, 0.2) is 41.5 Å². The minimum atomic E-state index is -0.743. The van der Waals surface area contributed by atoms with E-state index in [2.05, 4.69) is 10.5 Å². The number of rotatable bonds is 5. The predicted molar refractivity (Wildman–Crippen MR) is 87.4 cm³/mol. The summed E-state index contributed by atoms with van der Waals surface area (Å²) in [5, 5.41) is 26.2. The first kappa shape index (κ1) is 16.7. The smallest absolute Gasteiger partial charge is 0.272 e. The van der Waals surface area contributed by atoms with E-state index in [1.54, 1.807) is 18.2 Å². The molecular weight excluding hydrogens is 347 g/mol. The maximum atomic E-state index is 11.0. The standard InChI is InChI=1S/C13H8Cl2N4O4/c14-10-2-1-3-11(15)9(10)7-16-17-12-5-4-8(18(20)21)6-13(12)19(22)23/h1-7,17H. The Morgan fingerprint density at radius 2 is 1.70 bits per heavy atom. The van der Waals surface area contributed by atoms with E-state index in [0.29, 0.717) is 15.6 Å². The molecule has 0 atom stereocenters. The third kappa shape index (κ3) is 3.93. The molecule has 0 radical (unpaired) electrons. The zero-order chi connectivity index (χ0) is 17.0. The van der Waals surface area contributed by atoms with Crippen molar-refractivity contribution >= 4 is 46.5 Å². The minimum Gasteiger partial charge on any atom is -0.272 e. The van der Waals surface area contributed by atoms with E-state index < -0.39 is 15.5 Å². The highest BCUT2D eigenvalue weighted by molar-refractivity contribution is 6.38. The minimum absolute atomic E-state index is 0.0000241. The third-order valence-electron chi connectivity index (χ3n) is 2.77. The molecule has 0 fully saturated rings. The first-order valence-corrected chi connectivity index (χ1v) is 6.81. The van der Waals surface area contributed by atoms with Crippen LogP contribution in [0, 0.1) is 20.2 Å². The Labute approximate surface area is 139 Å². The number of nitrogens with zero attached hydrogens (tertiary/aromatic N) is 3. The van der Waals surface area contributed by atoms with E-state index in [1.165, 1.54) is 12.3 Å². The fourth-order valence-electron chi connectivity index (χ4n) is 1.68. The summed E-state index contributed by atoms with van der Waals surface area (Å²) in [6, 6.07) is 8.07. The van der Waals surface area contributed by atoms with Crippen LogP contribution in [-0.4, -0.2) is 16.1 Å². The highest BCUT2D eigenvalue weighted by Gasteiger charge is 2.19. The molecule has 0 aromatic heterocycles. The molecule has 10 heteroatoms. The van der Waals surface area contributed by atoms with Gasteiger partial charge in [-0.1, -0.05) is 29.3 Å². The number of hydrogen-bond donors (Lipinski definition) is 1. The molecule has 0 aliphatic carbocycles. The molecule has 0 saturated carbocycles. The van der Waals surface area contributed by atoms with Crippen LogP contribution in [-0.2, 0) is 0 Å². The van der Waals surface area contributed by atoms with E-state index in [1.807, 2.05) is 0 Å². The summed E-state index contributed by atoms with van der Waals surface area (Å²) in [4.78, 5) is 20.2. The van der Waals surface area contributed by atoms with Crippen molar-refractivity contribution in [3.63, 3.8) is 0 Å². The summed E-state index contributed by atoms with van der Waals surface area (Å²) in [5.41, 5.74) is 2.03. The fraction of sp³-hybridized carbons (Fsp3) is 0. The monoisotopic (exact) mass is 354 g/mol. The molecule has 23 heavy (non-hydrogen) atoms. The Kier molecular flexibility index (Phi) is 5.09. The number of non-ortho nitro benzene ring substituents is 1. The summed E-state index contributed by atoms with van der Waals surface area (Å²) >= 11 is 11.9. The topological polar surface area (TPSA) is 111 Å². The average Bonchev–Trinajstić information content (AvgIpc) is 2.50. The van der Waals surface area contributed by atoms with E-state index in [4.69, 9.17) is 23.2 Å². The maximum absolute atomic E-state index is 11.0. The summed E-state index contributed by atoms with van der Waals surface area (Å²) in [6.45, 7) is 0. The van der Waals surface area contributed by atoms with Gasteiger partial charge in [0.1, 0.15) is 5.69 Å². The van der Waals surface area contributed by atoms with Crippen LogP contribution in [0.5, 0.6) is 0 Å². The van der Waals surface area contributed by atoms with Crippen LogP contribution < -0.4 is 5.43 Å². The van der Waals surface area contributed by atoms with Gasteiger partial charge in [-0.2, -0.15) is 5.10 Å². The molecule has 0 saturated heterocycles. The van der Waals surface area contributed by atoms with Crippen LogP contribution >= 0.6 is 23.2 Å². The van der Waals surface area contributed by atoms with Crippen molar-refractivity contribution in [2.45, 2.75) is 0 Å². The lowest BCUT2D eigenvalue weighted by atomic mass is 10.2. The zero-order valence-electron chi connectivity index (χ0n) is 11.3. The number of benzene rings is 2. The van der Waals surface area contributed by atoms with Crippen LogP contribution in [0.25, 0.3) is 0 Å². The quantitative estimate of drug-likeness (QED) is 0.489. The van der Waals surface area contributed by atoms with Gasteiger partial charge >= 0.3 is 5.69 Å². The second-order valence-electron chi connectivity index (χ2n) is 4.22. The van der Waals surface area contributed by atoms with Gasteiger partial charge in [0.2, 0.25) is 0 Å². The molecule has 2 aromatic carbocycles. The fourth-order valence-corrected chi connectivity index (χ4v) is 2.17. The molecule has 0 bridgehead atoms. The van der Waals surface area contributed by atoms with Crippen LogP contribution in [0.4, 0.5) is 17.1 Å². The number of nitrogens with one attached hydrogen (secondary N) is 1. The van der Waals surface area contributed by atoms with Gasteiger partial charge in [0.15, 0.2) is 0 Å². The summed E-state index contributed by atoms with van der Waals surface area (Å²) in [7, 11) is 0. The second kappa shape index (κ2) is 7.03. The molecule has 0 heterocycles. The lowest BCUT2D eigenvalue weighted by Crippen LogP contribution is -1.99. The third-order valence-corrected chi connectivity index (χ3v) is 3.43. The van der Waals surface area contributed by atoms with E-state index in [-0.39, 0.29) is 11.4 Å². The Morgan fingerprint density at radius 1 is 1.04 bits per heavy atom. The molecule has 0 aliphatic rings. The number of anilines is 1. The van der Waals surface area contributed by atoms with E-state index in [9.17, 15) is 20.2 Å². The summed E-state index contributed by atoms with van der Waals surface area (Å²) < 4.78 is 0. The van der Waals surface area contributed by atoms with Gasteiger partial charge in [-0.05, 0) is 18.2 Å². The van der Waals surface area contributed by atoms with Crippen molar-refractivity contribution in [1.82, 2.24) is 0 Å². The van der Waals surface area contributed by atoms with Crippen LogP contribution in [0.3, 0.4) is 0 Å². The number of nitro benzene ring substituents is 2. The SMILES string of the molecule is O=[N+]([O-])c1ccc(NN=Cc2c(Cl)cccc2Cl)c([N+](=O)[O-])c1. The normalized spacial score (nSPS) is 10.7. The van der Waals surface area contributed by atoms with Crippen LogP contribution in [0.1, 0.15) is 5.56 Å². The average molecular weight is 355 g/mol. The molecular formula is C13H8Cl2N4O4. The van der Waals surface area contributed by atoms with Crippen molar-refractivity contribution in [1.29, 1.82) is 0 Å². The molecule has 0 unspecified atom stereocenters. The van der Waals surface area contributed by atoms with Crippen molar-refractivity contribution in [2.24, 2.45) is 5.10 Å². The van der Waals surface area contributed by atoms with Crippen molar-refractivity contribution < 1.29 is 9.85 Å². The van der Waals surface area contributed by atoms with Crippen LogP contribution in [0.2, 0.25) is 10.0 Å². The molecule has 8 nitrogen and oxygen atoms in total. The molecule has 2 aromatic rings. The largest absolute Gasteiger partial charge is 0.301 e. The molecule has 1 N–H and O–H groups in total.